The Kier molecular flexibility index (Phi) is 4.96. The van der Waals surface area contributed by atoms with Crippen LogP contribution in [0.2, 0.25) is 0 Å². The van der Waals surface area contributed by atoms with Crippen molar-refractivity contribution >= 4 is 34.0 Å². The Balaban J connectivity index is 2.20. The van der Waals surface area contributed by atoms with Crippen molar-refractivity contribution in [3.05, 3.63) is 36.0 Å². The second-order valence-electron chi connectivity index (χ2n) is 5.16. The highest BCUT2D eigenvalue weighted by Gasteiger charge is 2.11. The average Bonchev–Trinajstić information content (AvgIpc) is 2.87. The summed E-state index contributed by atoms with van der Waals surface area (Å²) < 4.78 is 1.93. The van der Waals surface area contributed by atoms with Gasteiger partial charge in [0.15, 0.2) is 0 Å². The second-order valence-corrected chi connectivity index (χ2v) is 5.60. The topological polar surface area (TPSA) is 60.0 Å². The lowest BCUT2D eigenvalue weighted by atomic mass is 10.1. The Labute approximate surface area is 130 Å². The van der Waals surface area contributed by atoms with Gasteiger partial charge < -0.3 is 15.6 Å². The van der Waals surface area contributed by atoms with Crippen LogP contribution in [-0.2, 0) is 11.3 Å². The number of fused-ring (bicyclic) bond motifs is 1. The van der Waals surface area contributed by atoms with Gasteiger partial charge in [0.25, 0.3) is 0 Å². The number of hydrogen-bond donors (Lipinski definition) is 2. The molecule has 1 aromatic heterocycles. The number of nitrogens with zero attached hydrogens (tertiary/aromatic N) is 1. The molecule has 3 N–H and O–H groups in total. The van der Waals surface area contributed by atoms with Gasteiger partial charge in [0.05, 0.1) is 0 Å². The van der Waals surface area contributed by atoms with Gasteiger partial charge in [0, 0.05) is 23.3 Å². The minimum Gasteiger partial charge on any atom is -0.389 e. The summed E-state index contributed by atoms with van der Waals surface area (Å²) in [5, 5.41) is 4.12. The molecule has 0 saturated heterocycles. The van der Waals surface area contributed by atoms with Crippen LogP contribution in [0.25, 0.3) is 10.9 Å². The Morgan fingerprint density at radius 3 is 2.67 bits per heavy atom. The van der Waals surface area contributed by atoms with Crippen LogP contribution in [0, 0.1) is 0 Å². The van der Waals surface area contributed by atoms with E-state index >= 15 is 0 Å². The molecular formula is C16H21N3OS. The Morgan fingerprint density at radius 2 is 2.05 bits per heavy atom. The number of carbonyl (C=O) groups is 1. The number of rotatable bonds is 6. The quantitative estimate of drug-likeness (QED) is 0.806. The molecule has 0 bridgehead atoms. The summed E-state index contributed by atoms with van der Waals surface area (Å²) in [7, 11) is 0. The summed E-state index contributed by atoms with van der Waals surface area (Å²) in [6.07, 6.45) is 3.81. The minimum absolute atomic E-state index is 0.0296. The molecule has 21 heavy (non-hydrogen) atoms. The van der Waals surface area contributed by atoms with Crippen molar-refractivity contribution in [2.45, 2.75) is 39.3 Å². The van der Waals surface area contributed by atoms with E-state index in [0.29, 0.717) is 11.5 Å². The Hall–Kier alpha value is -1.88. The van der Waals surface area contributed by atoms with Crippen molar-refractivity contribution in [2.75, 3.05) is 0 Å². The molecule has 0 aliphatic carbocycles. The van der Waals surface area contributed by atoms with Crippen molar-refractivity contribution in [3.63, 3.8) is 0 Å². The van der Waals surface area contributed by atoms with Crippen LogP contribution in [0.4, 0.5) is 0 Å². The molecule has 0 atom stereocenters. The van der Waals surface area contributed by atoms with Gasteiger partial charge in [0.1, 0.15) is 11.5 Å². The van der Waals surface area contributed by atoms with Crippen LogP contribution in [0.5, 0.6) is 0 Å². The average molecular weight is 303 g/mol. The molecule has 2 aromatic rings. The zero-order valence-corrected chi connectivity index (χ0v) is 13.2. The second kappa shape index (κ2) is 6.72. The van der Waals surface area contributed by atoms with Crippen molar-refractivity contribution in [2.24, 2.45) is 5.73 Å². The van der Waals surface area contributed by atoms with E-state index in [2.05, 4.69) is 19.2 Å². The monoisotopic (exact) mass is 303 g/mol. The number of benzene rings is 1. The highest BCUT2D eigenvalue weighted by atomic mass is 32.1. The minimum atomic E-state index is 0.0296. The van der Waals surface area contributed by atoms with Crippen LogP contribution >= 0.6 is 12.2 Å². The first kappa shape index (κ1) is 15.5. The molecule has 0 fully saturated rings. The zero-order valence-electron chi connectivity index (χ0n) is 12.4. The highest BCUT2D eigenvalue weighted by molar-refractivity contribution is 7.80. The van der Waals surface area contributed by atoms with Crippen LogP contribution in [0.1, 0.15) is 32.3 Å². The third-order valence-corrected chi connectivity index (χ3v) is 3.96. The smallest absolute Gasteiger partial charge is 0.240 e. The number of carbonyl (C=O) groups excluding carboxylic acids is 1. The number of aromatic nitrogens is 1. The summed E-state index contributed by atoms with van der Waals surface area (Å²) in [6, 6.07) is 8.04. The van der Waals surface area contributed by atoms with Crippen LogP contribution in [0.3, 0.4) is 0 Å². The lowest BCUT2D eigenvalue weighted by Crippen LogP contribution is -2.36. The predicted molar refractivity (Wildman–Crippen MR) is 90.3 cm³/mol. The van der Waals surface area contributed by atoms with E-state index in [1.54, 1.807) is 0 Å². The molecule has 0 spiro atoms. The van der Waals surface area contributed by atoms with Crippen molar-refractivity contribution in [1.29, 1.82) is 0 Å². The van der Waals surface area contributed by atoms with Gasteiger partial charge in [-0.05, 0) is 30.4 Å². The summed E-state index contributed by atoms with van der Waals surface area (Å²) in [6.45, 7) is 4.46. The third kappa shape index (κ3) is 3.61. The first-order chi connectivity index (χ1) is 10.0. The molecule has 112 valence electrons. The van der Waals surface area contributed by atoms with Gasteiger partial charge in [-0.15, -0.1) is 0 Å². The summed E-state index contributed by atoms with van der Waals surface area (Å²) >= 11 is 5.01. The van der Waals surface area contributed by atoms with Gasteiger partial charge in [-0.3, -0.25) is 4.79 Å². The molecule has 4 nitrogen and oxygen atoms in total. The molecule has 5 heteroatoms. The van der Waals surface area contributed by atoms with E-state index in [9.17, 15) is 4.79 Å². The maximum absolute atomic E-state index is 12.1. The lowest BCUT2D eigenvalue weighted by Gasteiger charge is -2.15. The van der Waals surface area contributed by atoms with Crippen LogP contribution in [-0.4, -0.2) is 21.5 Å². The maximum Gasteiger partial charge on any atom is 0.240 e. The van der Waals surface area contributed by atoms with Gasteiger partial charge >= 0.3 is 0 Å². The van der Waals surface area contributed by atoms with Gasteiger partial charge in [-0.2, -0.15) is 0 Å². The van der Waals surface area contributed by atoms with Crippen LogP contribution in [0.15, 0.2) is 30.5 Å². The summed E-state index contributed by atoms with van der Waals surface area (Å²) in [5.74, 6) is 0.0296. The van der Waals surface area contributed by atoms with E-state index in [-0.39, 0.29) is 11.9 Å². The molecule has 1 aromatic carbocycles. The van der Waals surface area contributed by atoms with E-state index in [1.807, 2.05) is 35.0 Å². The molecular weight excluding hydrogens is 282 g/mol. The Morgan fingerprint density at radius 1 is 1.33 bits per heavy atom. The molecule has 1 heterocycles. The molecule has 0 radical (unpaired) electrons. The van der Waals surface area contributed by atoms with Gasteiger partial charge in [-0.25, -0.2) is 0 Å². The number of nitrogens with two attached hydrogens (primary N) is 1. The number of hydrogen-bond acceptors (Lipinski definition) is 2. The number of thiocarbonyl (C=S) groups is 1. The van der Waals surface area contributed by atoms with Crippen molar-refractivity contribution in [1.82, 2.24) is 9.88 Å². The molecule has 0 unspecified atom stereocenters. The largest absolute Gasteiger partial charge is 0.389 e. The molecule has 0 aliphatic heterocycles. The predicted octanol–water partition coefficient (Wildman–Crippen LogP) is 2.58. The maximum atomic E-state index is 12.1. The standard InChI is InChI=1S/C16H21N3OS/c1-3-13(4-2)18-15(20)10-19-8-7-11-5-6-12(16(17)21)9-14(11)19/h5-9,13H,3-4,10H2,1-2H3,(H2,17,21)(H,18,20). The highest BCUT2D eigenvalue weighted by Crippen LogP contribution is 2.17. The van der Waals surface area contributed by atoms with Crippen molar-refractivity contribution < 1.29 is 4.79 Å². The van der Waals surface area contributed by atoms with Crippen molar-refractivity contribution in [3.8, 4) is 0 Å². The third-order valence-electron chi connectivity index (χ3n) is 3.72. The Bertz CT molecular complexity index is 659. The first-order valence-corrected chi connectivity index (χ1v) is 7.64. The molecule has 0 saturated carbocycles. The van der Waals surface area contributed by atoms with E-state index in [1.165, 1.54) is 0 Å². The lowest BCUT2D eigenvalue weighted by molar-refractivity contribution is -0.122. The fraction of sp³-hybridized carbons (Fsp3) is 0.375. The molecule has 0 aliphatic rings. The van der Waals surface area contributed by atoms with E-state index in [4.69, 9.17) is 18.0 Å². The van der Waals surface area contributed by atoms with E-state index in [0.717, 1.165) is 29.3 Å². The number of nitrogens with one attached hydrogen (secondary N) is 1. The summed E-state index contributed by atoms with van der Waals surface area (Å²) in [5.41, 5.74) is 7.46. The zero-order chi connectivity index (χ0) is 15.4. The van der Waals surface area contributed by atoms with E-state index < -0.39 is 0 Å². The first-order valence-electron chi connectivity index (χ1n) is 7.23. The number of amides is 1. The SMILES string of the molecule is CCC(CC)NC(=O)Cn1ccc2ccc(C(N)=S)cc21. The van der Waals surface area contributed by atoms with Crippen LogP contribution < -0.4 is 11.1 Å². The van der Waals surface area contributed by atoms with Gasteiger partial charge in [0.2, 0.25) is 5.91 Å². The normalized spacial score (nSPS) is 11.0. The van der Waals surface area contributed by atoms with Gasteiger partial charge in [-0.1, -0.05) is 38.2 Å². The summed E-state index contributed by atoms with van der Waals surface area (Å²) in [4.78, 5) is 12.5. The fourth-order valence-electron chi connectivity index (χ4n) is 2.40. The molecule has 1 amide bonds. The fourth-order valence-corrected chi connectivity index (χ4v) is 2.52. The molecule has 2 rings (SSSR count).